The van der Waals surface area contributed by atoms with Gasteiger partial charge in [-0.1, -0.05) is 30.3 Å². The van der Waals surface area contributed by atoms with Crippen LogP contribution in [0, 0.1) is 13.8 Å². The first-order valence-electron chi connectivity index (χ1n) is 8.23. The summed E-state index contributed by atoms with van der Waals surface area (Å²) in [4.78, 5) is 37.7. The van der Waals surface area contributed by atoms with E-state index in [0.29, 0.717) is 27.8 Å². The normalized spacial score (nSPS) is 10.7. The molecule has 1 heterocycles. The van der Waals surface area contributed by atoms with Crippen molar-refractivity contribution < 1.29 is 23.5 Å². The van der Waals surface area contributed by atoms with Crippen molar-refractivity contribution in [3.63, 3.8) is 0 Å². The second-order valence-corrected chi connectivity index (χ2v) is 6.03. The van der Waals surface area contributed by atoms with Crippen LogP contribution in [-0.4, -0.2) is 26.2 Å². The summed E-state index contributed by atoms with van der Waals surface area (Å²) < 4.78 is 15.0. The Bertz CT molecular complexity index is 1110. The molecule has 0 radical (unpaired) electrons. The first-order chi connectivity index (χ1) is 12.9. The van der Waals surface area contributed by atoms with E-state index in [2.05, 4.69) is 0 Å². The molecule has 0 unspecified atom stereocenters. The molecule has 0 aliphatic heterocycles. The topological polar surface area (TPSA) is 82.8 Å². The monoisotopic (exact) mass is 366 g/mol. The largest absolute Gasteiger partial charge is 0.465 e. The minimum atomic E-state index is -0.724. The van der Waals surface area contributed by atoms with Crippen molar-refractivity contribution in [2.24, 2.45) is 0 Å². The fraction of sp³-hybridized carbons (Fsp3) is 0.190. The van der Waals surface area contributed by atoms with Gasteiger partial charge in [0.2, 0.25) is 0 Å². The zero-order chi connectivity index (χ0) is 19.7. The van der Waals surface area contributed by atoms with E-state index in [-0.39, 0.29) is 16.5 Å². The third-order valence-electron chi connectivity index (χ3n) is 4.44. The number of aryl methyl sites for hydroxylation is 1. The SMILES string of the molecule is COC(=O)c1c(C)c(C(=O)OC)c2c(=O)oc(C)cc2c1-c1ccccc1. The van der Waals surface area contributed by atoms with Gasteiger partial charge in [0.1, 0.15) is 5.76 Å². The molecule has 6 heteroatoms. The number of fused-ring (bicyclic) bond motifs is 1. The van der Waals surface area contributed by atoms with Gasteiger partial charge in [-0.25, -0.2) is 14.4 Å². The van der Waals surface area contributed by atoms with Gasteiger partial charge in [0, 0.05) is 10.9 Å². The molecule has 0 atom stereocenters. The maximum Gasteiger partial charge on any atom is 0.344 e. The summed E-state index contributed by atoms with van der Waals surface area (Å²) in [5, 5.41) is 0.512. The highest BCUT2D eigenvalue weighted by Gasteiger charge is 2.28. The van der Waals surface area contributed by atoms with Gasteiger partial charge in [-0.05, 0) is 31.0 Å². The molecule has 3 aromatic rings. The van der Waals surface area contributed by atoms with Gasteiger partial charge in [-0.2, -0.15) is 0 Å². The molecule has 3 rings (SSSR count). The van der Waals surface area contributed by atoms with Crippen LogP contribution in [0.2, 0.25) is 0 Å². The zero-order valence-electron chi connectivity index (χ0n) is 15.4. The summed E-state index contributed by atoms with van der Waals surface area (Å²) in [5.74, 6) is -0.970. The van der Waals surface area contributed by atoms with Crippen LogP contribution in [0.5, 0.6) is 0 Å². The second-order valence-electron chi connectivity index (χ2n) is 6.03. The molecule has 27 heavy (non-hydrogen) atoms. The molecule has 0 N–H and O–H groups in total. The molecule has 0 fully saturated rings. The molecule has 6 nitrogen and oxygen atoms in total. The van der Waals surface area contributed by atoms with Crippen LogP contribution in [0.1, 0.15) is 32.0 Å². The minimum Gasteiger partial charge on any atom is -0.465 e. The Morgan fingerprint density at radius 3 is 2.11 bits per heavy atom. The molecule has 0 saturated heterocycles. The van der Waals surface area contributed by atoms with Crippen molar-refractivity contribution in [2.45, 2.75) is 13.8 Å². The van der Waals surface area contributed by atoms with Crippen molar-refractivity contribution in [2.75, 3.05) is 14.2 Å². The Morgan fingerprint density at radius 2 is 1.52 bits per heavy atom. The molecule has 1 aromatic heterocycles. The van der Waals surface area contributed by atoms with Gasteiger partial charge in [-0.15, -0.1) is 0 Å². The summed E-state index contributed by atoms with van der Waals surface area (Å²) in [6.07, 6.45) is 0. The number of carbonyl (C=O) groups excluding carboxylic acids is 2. The van der Waals surface area contributed by atoms with Crippen molar-refractivity contribution in [3.05, 3.63) is 69.3 Å². The second kappa shape index (κ2) is 7.07. The summed E-state index contributed by atoms with van der Waals surface area (Å²) in [7, 11) is 2.48. The number of methoxy groups -OCH3 is 2. The van der Waals surface area contributed by atoms with E-state index >= 15 is 0 Å². The number of benzene rings is 2. The van der Waals surface area contributed by atoms with Crippen LogP contribution in [0.3, 0.4) is 0 Å². The summed E-state index contributed by atoms with van der Waals surface area (Å²) >= 11 is 0. The summed E-state index contributed by atoms with van der Waals surface area (Å²) in [5.41, 5.74) is 1.08. The lowest BCUT2D eigenvalue weighted by Crippen LogP contribution is -2.17. The maximum atomic E-state index is 12.6. The fourth-order valence-corrected chi connectivity index (χ4v) is 3.30. The lowest BCUT2D eigenvalue weighted by atomic mass is 9.87. The number of ether oxygens (including phenoxy) is 2. The number of carbonyl (C=O) groups is 2. The van der Waals surface area contributed by atoms with Crippen molar-refractivity contribution in [3.8, 4) is 11.1 Å². The summed E-state index contributed by atoms with van der Waals surface area (Å²) in [6.45, 7) is 3.22. The molecule has 0 aliphatic carbocycles. The molecule has 0 spiro atoms. The van der Waals surface area contributed by atoms with Gasteiger partial charge in [0.05, 0.1) is 30.7 Å². The predicted octanol–water partition coefficient (Wildman–Crippen LogP) is 3.65. The van der Waals surface area contributed by atoms with Crippen molar-refractivity contribution in [1.29, 1.82) is 0 Å². The first-order valence-corrected chi connectivity index (χ1v) is 8.23. The highest BCUT2D eigenvalue weighted by atomic mass is 16.5. The molecular weight excluding hydrogens is 348 g/mol. The predicted molar refractivity (Wildman–Crippen MR) is 100 cm³/mol. The number of hydrogen-bond donors (Lipinski definition) is 0. The Labute approximate surface area is 155 Å². The van der Waals surface area contributed by atoms with Crippen molar-refractivity contribution >= 4 is 22.7 Å². The van der Waals surface area contributed by atoms with E-state index in [1.807, 2.05) is 30.3 Å². The molecular formula is C21H18O6. The van der Waals surface area contributed by atoms with E-state index in [1.54, 1.807) is 19.9 Å². The molecule has 0 amide bonds. The minimum absolute atomic E-state index is 0.00123. The molecule has 0 aliphatic rings. The van der Waals surface area contributed by atoms with Gasteiger partial charge in [-0.3, -0.25) is 0 Å². The van der Waals surface area contributed by atoms with Crippen LogP contribution in [0.4, 0.5) is 0 Å². The maximum absolute atomic E-state index is 12.6. The van der Waals surface area contributed by atoms with Crippen LogP contribution in [-0.2, 0) is 9.47 Å². The number of rotatable bonds is 3. The van der Waals surface area contributed by atoms with Crippen LogP contribution in [0.15, 0.2) is 45.6 Å². The lowest BCUT2D eigenvalue weighted by Gasteiger charge is -2.18. The van der Waals surface area contributed by atoms with E-state index in [4.69, 9.17) is 13.9 Å². The Hall–Kier alpha value is -3.41. The van der Waals surface area contributed by atoms with Gasteiger partial charge in [0.15, 0.2) is 0 Å². The van der Waals surface area contributed by atoms with E-state index < -0.39 is 17.6 Å². The average Bonchev–Trinajstić information content (AvgIpc) is 2.67. The highest BCUT2D eigenvalue weighted by molar-refractivity contribution is 6.16. The molecule has 0 saturated carbocycles. The lowest BCUT2D eigenvalue weighted by molar-refractivity contribution is 0.0599. The molecule has 0 bridgehead atoms. The van der Waals surface area contributed by atoms with Gasteiger partial charge in [0.25, 0.3) is 0 Å². The summed E-state index contributed by atoms with van der Waals surface area (Å²) in [6, 6.07) is 10.8. The standard InChI is InChI=1S/C21H18O6/c1-11-10-14-17(13-8-6-5-7-9-13)15(19(22)25-3)12(2)16(20(23)26-4)18(14)21(24)27-11/h5-10H,1-4H3. The third-order valence-corrected chi connectivity index (χ3v) is 4.44. The average molecular weight is 366 g/mol. The molecule has 138 valence electrons. The van der Waals surface area contributed by atoms with Crippen LogP contribution < -0.4 is 5.63 Å². The molecule has 2 aromatic carbocycles. The zero-order valence-corrected chi connectivity index (χ0v) is 15.4. The Kier molecular flexibility index (Phi) is 4.81. The Balaban J connectivity index is 2.65. The third kappa shape index (κ3) is 2.99. The van der Waals surface area contributed by atoms with Gasteiger partial charge < -0.3 is 13.9 Å². The van der Waals surface area contributed by atoms with E-state index in [0.717, 1.165) is 0 Å². The number of esters is 2. The number of hydrogen-bond acceptors (Lipinski definition) is 6. The first kappa shape index (κ1) is 18.4. The van der Waals surface area contributed by atoms with Gasteiger partial charge >= 0.3 is 17.6 Å². The van der Waals surface area contributed by atoms with E-state index in [9.17, 15) is 14.4 Å². The fourth-order valence-electron chi connectivity index (χ4n) is 3.30. The van der Waals surface area contributed by atoms with Crippen molar-refractivity contribution in [1.82, 2.24) is 0 Å². The van der Waals surface area contributed by atoms with E-state index in [1.165, 1.54) is 14.2 Å². The quantitative estimate of drug-likeness (QED) is 0.658. The smallest absolute Gasteiger partial charge is 0.344 e. The van der Waals surface area contributed by atoms with Crippen LogP contribution >= 0.6 is 0 Å². The highest BCUT2D eigenvalue weighted by Crippen LogP contribution is 2.37. The van der Waals surface area contributed by atoms with Crippen LogP contribution in [0.25, 0.3) is 21.9 Å². The Morgan fingerprint density at radius 1 is 0.926 bits per heavy atom.